The number of benzene rings is 1. The maximum Gasteiger partial charge on any atom is 0.220 e. The van der Waals surface area contributed by atoms with E-state index in [9.17, 15) is 4.79 Å². The van der Waals surface area contributed by atoms with Crippen molar-refractivity contribution in [1.82, 2.24) is 15.6 Å². The molecule has 0 bridgehead atoms. The normalized spacial score (nSPS) is 14.6. The molecular weight excluding hydrogens is 250 g/mol. The summed E-state index contributed by atoms with van der Waals surface area (Å²) in [6.45, 7) is 1.73. The number of aromatic amines is 1. The second-order valence-corrected chi connectivity index (χ2v) is 5.52. The summed E-state index contributed by atoms with van der Waals surface area (Å²) < 4.78 is 0. The summed E-state index contributed by atoms with van der Waals surface area (Å²) in [5.74, 6) is 0.197. The topological polar surface area (TPSA) is 56.9 Å². The zero-order chi connectivity index (χ0) is 13.8. The third-order valence-electron chi connectivity index (χ3n) is 3.65. The highest BCUT2D eigenvalue weighted by Crippen LogP contribution is 2.18. The first-order valence-electron chi connectivity index (χ1n) is 7.37. The maximum atomic E-state index is 11.5. The minimum Gasteiger partial charge on any atom is -0.361 e. The molecule has 3 rings (SSSR count). The molecule has 1 aromatic heterocycles. The van der Waals surface area contributed by atoms with E-state index in [-0.39, 0.29) is 5.91 Å². The van der Waals surface area contributed by atoms with E-state index in [1.165, 1.54) is 16.5 Å². The number of aromatic nitrogens is 1. The maximum absolute atomic E-state index is 11.5. The molecule has 1 amide bonds. The third-order valence-corrected chi connectivity index (χ3v) is 3.65. The molecule has 2 aromatic rings. The van der Waals surface area contributed by atoms with Crippen molar-refractivity contribution in [3.8, 4) is 0 Å². The highest BCUT2D eigenvalue weighted by Gasteiger charge is 2.22. The highest BCUT2D eigenvalue weighted by molar-refractivity contribution is 5.79. The summed E-state index contributed by atoms with van der Waals surface area (Å²) in [6.07, 6.45) is 5.79. The molecule has 0 aliphatic heterocycles. The molecule has 0 unspecified atom stereocenters. The summed E-state index contributed by atoms with van der Waals surface area (Å²) in [6, 6.07) is 8.99. The van der Waals surface area contributed by atoms with Crippen LogP contribution in [-0.4, -0.2) is 23.5 Å². The van der Waals surface area contributed by atoms with E-state index in [0.717, 1.165) is 32.4 Å². The number of H-pyrrole nitrogens is 1. The van der Waals surface area contributed by atoms with Crippen LogP contribution in [0.1, 0.15) is 31.2 Å². The quantitative estimate of drug-likeness (QED) is 0.677. The van der Waals surface area contributed by atoms with Gasteiger partial charge in [-0.15, -0.1) is 0 Å². The fourth-order valence-electron chi connectivity index (χ4n) is 2.35. The van der Waals surface area contributed by atoms with Crippen LogP contribution in [0.25, 0.3) is 10.9 Å². The number of amides is 1. The predicted molar refractivity (Wildman–Crippen MR) is 80.4 cm³/mol. The van der Waals surface area contributed by atoms with Gasteiger partial charge in [0.2, 0.25) is 5.91 Å². The number of carbonyl (C=O) groups excluding carboxylic acids is 1. The van der Waals surface area contributed by atoms with Crippen molar-refractivity contribution < 1.29 is 4.79 Å². The lowest BCUT2D eigenvalue weighted by Gasteiger charge is -2.06. The fraction of sp³-hybridized carbons (Fsp3) is 0.438. The van der Waals surface area contributed by atoms with Gasteiger partial charge in [0, 0.05) is 30.7 Å². The second kappa shape index (κ2) is 6.09. The average Bonchev–Trinajstić information content (AvgIpc) is 3.13. The molecule has 0 radical (unpaired) electrons. The Morgan fingerprint density at radius 2 is 2.20 bits per heavy atom. The Morgan fingerprint density at radius 3 is 3.05 bits per heavy atom. The summed E-state index contributed by atoms with van der Waals surface area (Å²) in [4.78, 5) is 14.7. The van der Waals surface area contributed by atoms with Crippen molar-refractivity contribution in [2.24, 2.45) is 0 Å². The van der Waals surface area contributed by atoms with E-state index in [4.69, 9.17) is 0 Å². The zero-order valence-electron chi connectivity index (χ0n) is 11.6. The molecule has 4 nitrogen and oxygen atoms in total. The summed E-state index contributed by atoms with van der Waals surface area (Å²) >= 11 is 0. The number of carbonyl (C=O) groups is 1. The van der Waals surface area contributed by atoms with Crippen molar-refractivity contribution in [2.45, 2.75) is 38.3 Å². The number of fused-ring (bicyclic) bond motifs is 1. The lowest BCUT2D eigenvalue weighted by molar-refractivity contribution is -0.121. The van der Waals surface area contributed by atoms with Gasteiger partial charge < -0.3 is 15.6 Å². The fourth-order valence-corrected chi connectivity index (χ4v) is 2.35. The predicted octanol–water partition coefficient (Wildman–Crippen LogP) is 2.32. The Kier molecular flexibility index (Phi) is 4.02. The molecule has 4 heteroatoms. The number of rotatable bonds is 7. The molecule has 3 N–H and O–H groups in total. The van der Waals surface area contributed by atoms with Crippen LogP contribution >= 0.6 is 0 Å². The van der Waals surface area contributed by atoms with Crippen LogP contribution in [-0.2, 0) is 11.3 Å². The number of nitrogens with one attached hydrogen (secondary N) is 3. The molecule has 0 atom stereocenters. The standard InChI is InChI=1S/C16H21N3O/c20-16(19-14-4-5-14)2-1-8-17-11-12-3-6-15-13(10-12)7-9-18-15/h3,6-7,9-10,14,17-18H,1-2,4-5,8,11H2,(H,19,20). The third kappa shape index (κ3) is 3.61. The van der Waals surface area contributed by atoms with E-state index >= 15 is 0 Å². The average molecular weight is 271 g/mol. The molecule has 1 aliphatic rings. The molecule has 20 heavy (non-hydrogen) atoms. The van der Waals surface area contributed by atoms with Gasteiger partial charge in [0.15, 0.2) is 0 Å². The van der Waals surface area contributed by atoms with Gasteiger partial charge in [-0.1, -0.05) is 6.07 Å². The van der Waals surface area contributed by atoms with Crippen LogP contribution in [0.5, 0.6) is 0 Å². The van der Waals surface area contributed by atoms with E-state index in [1.54, 1.807) is 0 Å². The van der Waals surface area contributed by atoms with E-state index < -0.39 is 0 Å². The SMILES string of the molecule is O=C(CCCNCc1ccc2[nH]ccc2c1)NC1CC1. The first kappa shape index (κ1) is 13.2. The Morgan fingerprint density at radius 1 is 1.30 bits per heavy atom. The van der Waals surface area contributed by atoms with Crippen LogP contribution in [0, 0.1) is 0 Å². The molecule has 0 spiro atoms. The van der Waals surface area contributed by atoms with E-state index in [1.807, 2.05) is 6.20 Å². The molecule has 1 fully saturated rings. The van der Waals surface area contributed by atoms with Crippen molar-refractivity contribution >= 4 is 16.8 Å². The Balaban J connectivity index is 1.35. The van der Waals surface area contributed by atoms with Crippen LogP contribution in [0.4, 0.5) is 0 Å². The molecule has 0 saturated heterocycles. The van der Waals surface area contributed by atoms with Crippen LogP contribution in [0.3, 0.4) is 0 Å². The highest BCUT2D eigenvalue weighted by atomic mass is 16.1. The number of hydrogen-bond donors (Lipinski definition) is 3. The lowest BCUT2D eigenvalue weighted by atomic mass is 10.1. The molecule has 1 aliphatic carbocycles. The van der Waals surface area contributed by atoms with Gasteiger partial charge in [-0.3, -0.25) is 4.79 Å². The van der Waals surface area contributed by atoms with Crippen molar-refractivity contribution in [3.63, 3.8) is 0 Å². The van der Waals surface area contributed by atoms with Gasteiger partial charge in [0.05, 0.1) is 0 Å². The molecule has 1 saturated carbocycles. The Labute approximate surface area is 118 Å². The van der Waals surface area contributed by atoms with Crippen LogP contribution in [0.2, 0.25) is 0 Å². The van der Waals surface area contributed by atoms with Crippen LogP contribution in [0.15, 0.2) is 30.5 Å². The van der Waals surface area contributed by atoms with Crippen molar-refractivity contribution in [2.75, 3.05) is 6.54 Å². The Bertz CT molecular complexity index is 586. The van der Waals surface area contributed by atoms with Crippen LogP contribution < -0.4 is 10.6 Å². The number of hydrogen-bond acceptors (Lipinski definition) is 2. The molecule has 1 aromatic carbocycles. The first-order chi connectivity index (χ1) is 9.81. The van der Waals surface area contributed by atoms with E-state index in [0.29, 0.717) is 12.5 Å². The van der Waals surface area contributed by atoms with Gasteiger partial charge in [0.1, 0.15) is 0 Å². The minimum absolute atomic E-state index is 0.197. The second-order valence-electron chi connectivity index (χ2n) is 5.52. The lowest BCUT2D eigenvalue weighted by Crippen LogP contribution is -2.26. The van der Waals surface area contributed by atoms with Gasteiger partial charge in [-0.25, -0.2) is 0 Å². The van der Waals surface area contributed by atoms with Gasteiger partial charge in [-0.2, -0.15) is 0 Å². The van der Waals surface area contributed by atoms with Gasteiger partial charge in [0.25, 0.3) is 0 Å². The summed E-state index contributed by atoms with van der Waals surface area (Å²) in [7, 11) is 0. The summed E-state index contributed by atoms with van der Waals surface area (Å²) in [5.41, 5.74) is 2.45. The van der Waals surface area contributed by atoms with E-state index in [2.05, 4.69) is 39.9 Å². The zero-order valence-corrected chi connectivity index (χ0v) is 11.6. The van der Waals surface area contributed by atoms with Gasteiger partial charge >= 0.3 is 0 Å². The minimum atomic E-state index is 0.197. The summed E-state index contributed by atoms with van der Waals surface area (Å²) in [5, 5.41) is 7.65. The monoisotopic (exact) mass is 271 g/mol. The largest absolute Gasteiger partial charge is 0.361 e. The Hall–Kier alpha value is -1.81. The smallest absolute Gasteiger partial charge is 0.220 e. The van der Waals surface area contributed by atoms with Crippen molar-refractivity contribution in [1.29, 1.82) is 0 Å². The first-order valence-corrected chi connectivity index (χ1v) is 7.37. The molecule has 106 valence electrons. The molecule has 1 heterocycles. The van der Waals surface area contributed by atoms with Crippen molar-refractivity contribution in [3.05, 3.63) is 36.0 Å². The molecular formula is C16H21N3O. The van der Waals surface area contributed by atoms with Gasteiger partial charge in [-0.05, 0) is 55.0 Å².